The van der Waals surface area contributed by atoms with Gasteiger partial charge in [0.2, 0.25) is 0 Å². The van der Waals surface area contributed by atoms with Crippen LogP contribution >= 0.6 is 11.8 Å². The molecule has 2 aromatic carbocycles. The minimum Gasteiger partial charge on any atom is -0.485 e. The van der Waals surface area contributed by atoms with Crippen LogP contribution in [-0.2, 0) is 23.2 Å². The molecule has 3 rings (SSSR count). The Kier molecular flexibility index (Phi) is 5.55. The van der Waals surface area contributed by atoms with Crippen molar-refractivity contribution in [2.75, 3.05) is 12.4 Å². The van der Waals surface area contributed by atoms with Gasteiger partial charge in [-0.15, -0.1) is 10.2 Å². The van der Waals surface area contributed by atoms with Crippen molar-refractivity contribution in [1.29, 1.82) is 0 Å². The summed E-state index contributed by atoms with van der Waals surface area (Å²) in [6, 6.07) is 14.0. The maximum Gasteiger partial charge on any atom is 0.316 e. The Hall–Kier alpha value is -2.54. The van der Waals surface area contributed by atoms with Gasteiger partial charge in [-0.05, 0) is 18.4 Å². The Morgan fingerprint density at radius 2 is 1.96 bits per heavy atom. The molecule has 0 N–H and O–H groups in total. The van der Waals surface area contributed by atoms with Crippen molar-refractivity contribution in [2.45, 2.75) is 18.7 Å². The molecule has 6 nitrogen and oxygen atoms in total. The van der Waals surface area contributed by atoms with Crippen LogP contribution in [0.4, 0.5) is 0 Å². The van der Waals surface area contributed by atoms with Gasteiger partial charge in [-0.3, -0.25) is 4.79 Å². The summed E-state index contributed by atoms with van der Waals surface area (Å²) in [7, 11) is 1.86. The molecule has 0 aliphatic rings. The molecule has 0 unspecified atom stereocenters. The average Bonchev–Trinajstić information content (AvgIpc) is 2.98. The molecule has 0 aliphatic carbocycles. The summed E-state index contributed by atoms with van der Waals surface area (Å²) >= 11 is 1.30. The van der Waals surface area contributed by atoms with E-state index in [0.29, 0.717) is 24.2 Å². The number of hydrogen-bond acceptors (Lipinski definition) is 6. The lowest BCUT2D eigenvalue weighted by molar-refractivity contribution is -0.139. The largest absolute Gasteiger partial charge is 0.485 e. The van der Waals surface area contributed by atoms with E-state index < -0.39 is 0 Å². The van der Waals surface area contributed by atoms with Gasteiger partial charge < -0.3 is 14.0 Å². The second-order valence-corrected chi connectivity index (χ2v) is 6.26. The standard InChI is InChI=1S/C18H19N3O3S/c1-3-23-17(22)12-25-18-20-19-16(21(18)2)11-24-15-10-6-8-13-7-4-5-9-14(13)15/h4-10H,3,11-12H2,1-2H3. The number of fused-ring (bicyclic) bond motifs is 1. The van der Waals surface area contributed by atoms with Gasteiger partial charge in [-0.1, -0.05) is 48.2 Å². The number of thioether (sulfide) groups is 1. The van der Waals surface area contributed by atoms with Crippen LogP contribution < -0.4 is 4.74 Å². The second kappa shape index (κ2) is 8.02. The number of esters is 1. The number of rotatable bonds is 7. The molecule has 1 heterocycles. The van der Waals surface area contributed by atoms with Gasteiger partial charge >= 0.3 is 5.97 Å². The first-order valence-corrected chi connectivity index (χ1v) is 8.95. The lowest BCUT2D eigenvalue weighted by Crippen LogP contribution is -2.08. The highest BCUT2D eigenvalue weighted by atomic mass is 32.2. The van der Waals surface area contributed by atoms with E-state index in [0.717, 1.165) is 16.5 Å². The maximum absolute atomic E-state index is 11.4. The van der Waals surface area contributed by atoms with Crippen LogP contribution in [0.25, 0.3) is 10.8 Å². The molecule has 0 bridgehead atoms. The molecule has 130 valence electrons. The minimum absolute atomic E-state index is 0.212. The van der Waals surface area contributed by atoms with E-state index in [2.05, 4.69) is 22.3 Å². The van der Waals surface area contributed by atoms with Gasteiger partial charge in [0.1, 0.15) is 12.4 Å². The third kappa shape index (κ3) is 4.11. The van der Waals surface area contributed by atoms with Crippen LogP contribution in [0.2, 0.25) is 0 Å². The zero-order valence-corrected chi connectivity index (χ0v) is 15.0. The summed E-state index contributed by atoms with van der Waals surface area (Å²) in [5.41, 5.74) is 0. The highest BCUT2D eigenvalue weighted by molar-refractivity contribution is 7.99. The number of benzene rings is 2. The van der Waals surface area contributed by atoms with Crippen LogP contribution in [0.1, 0.15) is 12.7 Å². The molecule has 0 fully saturated rings. The molecule has 0 radical (unpaired) electrons. The highest BCUT2D eigenvalue weighted by Crippen LogP contribution is 2.26. The van der Waals surface area contributed by atoms with Gasteiger partial charge in [0.15, 0.2) is 11.0 Å². The topological polar surface area (TPSA) is 66.2 Å². The smallest absolute Gasteiger partial charge is 0.316 e. The molecule has 25 heavy (non-hydrogen) atoms. The summed E-state index contributed by atoms with van der Waals surface area (Å²) in [6.07, 6.45) is 0. The van der Waals surface area contributed by atoms with E-state index in [1.54, 1.807) is 6.92 Å². The third-order valence-corrected chi connectivity index (χ3v) is 4.65. The molecular weight excluding hydrogens is 338 g/mol. The van der Waals surface area contributed by atoms with E-state index in [1.165, 1.54) is 11.8 Å². The SMILES string of the molecule is CCOC(=O)CSc1nnc(COc2cccc3ccccc23)n1C. The van der Waals surface area contributed by atoms with E-state index in [9.17, 15) is 4.79 Å². The maximum atomic E-state index is 11.4. The van der Waals surface area contributed by atoms with Gasteiger partial charge in [0, 0.05) is 12.4 Å². The monoisotopic (exact) mass is 357 g/mol. The molecular formula is C18H19N3O3S. The summed E-state index contributed by atoms with van der Waals surface area (Å²) in [5, 5.41) is 11.1. The lowest BCUT2D eigenvalue weighted by atomic mass is 10.1. The second-order valence-electron chi connectivity index (χ2n) is 5.32. The first-order chi connectivity index (χ1) is 12.2. The molecule has 7 heteroatoms. The zero-order valence-electron chi connectivity index (χ0n) is 14.1. The lowest BCUT2D eigenvalue weighted by Gasteiger charge is -2.09. The first kappa shape index (κ1) is 17.3. The number of carbonyl (C=O) groups is 1. The fraction of sp³-hybridized carbons (Fsp3) is 0.278. The van der Waals surface area contributed by atoms with Gasteiger partial charge in [-0.25, -0.2) is 0 Å². The van der Waals surface area contributed by atoms with Gasteiger partial charge in [0.05, 0.1) is 12.4 Å². The number of nitrogens with zero attached hydrogens (tertiary/aromatic N) is 3. The van der Waals surface area contributed by atoms with E-state index in [1.807, 2.05) is 41.9 Å². The van der Waals surface area contributed by atoms with Crippen molar-refractivity contribution in [3.63, 3.8) is 0 Å². The van der Waals surface area contributed by atoms with Crippen molar-refractivity contribution in [1.82, 2.24) is 14.8 Å². The Morgan fingerprint density at radius 3 is 2.80 bits per heavy atom. The van der Waals surface area contributed by atoms with Crippen LogP contribution in [0.5, 0.6) is 5.75 Å². The normalized spacial score (nSPS) is 10.8. The Balaban J connectivity index is 1.66. The third-order valence-electron chi connectivity index (χ3n) is 3.66. The number of hydrogen-bond donors (Lipinski definition) is 0. The Labute approximate surface area is 150 Å². The summed E-state index contributed by atoms with van der Waals surface area (Å²) < 4.78 is 12.7. The number of carbonyl (C=O) groups excluding carboxylic acids is 1. The Morgan fingerprint density at radius 1 is 1.16 bits per heavy atom. The molecule has 0 aliphatic heterocycles. The minimum atomic E-state index is -0.260. The van der Waals surface area contributed by atoms with Gasteiger partial charge in [0.25, 0.3) is 0 Å². The summed E-state index contributed by atoms with van der Waals surface area (Å²) in [4.78, 5) is 11.4. The van der Waals surface area contributed by atoms with E-state index in [-0.39, 0.29) is 11.7 Å². The van der Waals surface area contributed by atoms with Crippen molar-refractivity contribution < 1.29 is 14.3 Å². The molecule has 0 amide bonds. The number of ether oxygens (including phenoxy) is 2. The van der Waals surface area contributed by atoms with Crippen LogP contribution in [0.3, 0.4) is 0 Å². The summed E-state index contributed by atoms with van der Waals surface area (Å²) in [5.74, 6) is 1.45. The zero-order chi connectivity index (χ0) is 17.6. The predicted octanol–water partition coefficient (Wildman–Crippen LogP) is 3.20. The average molecular weight is 357 g/mol. The molecule has 1 aromatic heterocycles. The number of aromatic nitrogens is 3. The Bertz CT molecular complexity index is 874. The molecule has 3 aromatic rings. The van der Waals surface area contributed by atoms with Crippen molar-refractivity contribution in [2.24, 2.45) is 7.05 Å². The predicted molar refractivity (Wildman–Crippen MR) is 96.6 cm³/mol. The molecule has 0 saturated carbocycles. The van der Waals surface area contributed by atoms with Gasteiger partial charge in [-0.2, -0.15) is 0 Å². The van der Waals surface area contributed by atoms with Crippen LogP contribution in [0, 0.1) is 0 Å². The van der Waals surface area contributed by atoms with Crippen molar-refractivity contribution >= 4 is 28.5 Å². The molecule has 0 spiro atoms. The fourth-order valence-corrected chi connectivity index (χ4v) is 3.11. The summed E-state index contributed by atoms with van der Waals surface area (Å²) in [6.45, 7) is 2.47. The quantitative estimate of drug-likeness (QED) is 0.478. The molecule has 0 saturated heterocycles. The highest BCUT2D eigenvalue weighted by Gasteiger charge is 2.13. The molecule has 0 atom stereocenters. The van der Waals surface area contributed by atoms with Crippen molar-refractivity contribution in [3.05, 3.63) is 48.3 Å². The van der Waals surface area contributed by atoms with Crippen LogP contribution in [0.15, 0.2) is 47.6 Å². The fourth-order valence-electron chi connectivity index (χ4n) is 2.39. The van der Waals surface area contributed by atoms with E-state index >= 15 is 0 Å². The first-order valence-electron chi connectivity index (χ1n) is 7.96. The van der Waals surface area contributed by atoms with Crippen molar-refractivity contribution in [3.8, 4) is 5.75 Å². The van der Waals surface area contributed by atoms with E-state index in [4.69, 9.17) is 9.47 Å². The van der Waals surface area contributed by atoms with Crippen LogP contribution in [-0.4, -0.2) is 33.1 Å².